The second-order valence-electron chi connectivity index (χ2n) is 9.75. The van der Waals surface area contributed by atoms with E-state index in [1.165, 1.54) is 18.2 Å². The normalized spacial score (nSPS) is 13.9. The molecule has 0 saturated carbocycles. The lowest BCUT2D eigenvalue weighted by Crippen LogP contribution is -2.53. The summed E-state index contributed by atoms with van der Waals surface area (Å²) < 4.78 is 23.7. The van der Waals surface area contributed by atoms with E-state index in [2.05, 4.69) is 21.2 Å². The number of barbiturate groups is 1. The molecule has 13 heteroatoms. The van der Waals surface area contributed by atoms with Crippen LogP contribution in [0.4, 0.5) is 10.5 Å². The predicted octanol–water partition coefficient (Wildman–Crippen LogP) is 6.18. The number of carbonyl (C=O) groups excluding carboxylic acids is 3. The van der Waals surface area contributed by atoms with Crippen LogP contribution in [0.5, 0.6) is 23.0 Å². The first-order chi connectivity index (χ1) is 21.6. The van der Waals surface area contributed by atoms with Crippen LogP contribution in [0, 0.1) is 10.1 Å². The molecule has 1 saturated heterocycles. The molecule has 0 bridgehead atoms. The molecule has 12 nitrogen and oxygen atoms in total. The van der Waals surface area contributed by atoms with Gasteiger partial charge in [-0.15, -0.1) is 0 Å². The van der Waals surface area contributed by atoms with Crippen LogP contribution in [0.2, 0.25) is 0 Å². The fourth-order valence-electron chi connectivity index (χ4n) is 4.38. The zero-order valence-electron chi connectivity index (χ0n) is 25.0. The molecule has 0 aromatic heterocycles. The van der Waals surface area contributed by atoms with Crippen molar-refractivity contribution in [1.82, 2.24) is 10.2 Å². The van der Waals surface area contributed by atoms with Gasteiger partial charge in [0.1, 0.15) is 12.2 Å². The summed E-state index contributed by atoms with van der Waals surface area (Å²) in [7, 11) is 0. The second-order valence-corrected chi connectivity index (χ2v) is 10.6. The molecule has 45 heavy (non-hydrogen) atoms. The van der Waals surface area contributed by atoms with Gasteiger partial charge in [-0.25, -0.2) is 4.79 Å². The molecule has 0 atom stereocenters. The number of imide groups is 2. The first-order valence-electron chi connectivity index (χ1n) is 14.2. The largest absolute Gasteiger partial charge is 0.490 e. The van der Waals surface area contributed by atoms with Gasteiger partial charge in [0.2, 0.25) is 0 Å². The van der Waals surface area contributed by atoms with E-state index in [0.717, 1.165) is 11.3 Å². The lowest BCUT2D eigenvalue weighted by Gasteiger charge is -2.26. The molecule has 0 spiro atoms. The molecule has 1 heterocycles. The quantitative estimate of drug-likeness (QED) is 0.0911. The minimum atomic E-state index is -0.836. The molecular formula is C32H32BrN3O9. The van der Waals surface area contributed by atoms with E-state index in [4.69, 9.17) is 18.9 Å². The molecule has 0 aliphatic carbocycles. The molecule has 4 rings (SSSR count). The van der Waals surface area contributed by atoms with Crippen LogP contribution in [-0.2, 0) is 22.7 Å². The summed E-state index contributed by atoms with van der Waals surface area (Å²) >= 11 is 3.48. The highest BCUT2D eigenvalue weighted by molar-refractivity contribution is 9.10. The van der Waals surface area contributed by atoms with Crippen molar-refractivity contribution in [2.45, 2.75) is 40.3 Å². The molecule has 4 amide bonds. The van der Waals surface area contributed by atoms with Gasteiger partial charge in [-0.2, -0.15) is 0 Å². The Kier molecular flexibility index (Phi) is 11.1. The van der Waals surface area contributed by atoms with Gasteiger partial charge in [0.05, 0.1) is 35.8 Å². The Morgan fingerprint density at radius 3 is 2.22 bits per heavy atom. The van der Waals surface area contributed by atoms with Gasteiger partial charge in [0, 0.05) is 12.1 Å². The molecule has 0 unspecified atom stereocenters. The first kappa shape index (κ1) is 33.0. The number of hydrogen-bond donors (Lipinski definition) is 1. The Morgan fingerprint density at radius 2 is 1.56 bits per heavy atom. The average Bonchev–Trinajstić information content (AvgIpc) is 3.01. The lowest BCUT2D eigenvalue weighted by molar-refractivity contribution is -0.384. The number of urea groups is 1. The maximum absolute atomic E-state index is 13.5. The summed E-state index contributed by atoms with van der Waals surface area (Å²) in [5, 5.41) is 13.2. The first-order valence-corrected chi connectivity index (χ1v) is 15.0. The Morgan fingerprint density at radius 1 is 0.867 bits per heavy atom. The zero-order valence-corrected chi connectivity index (χ0v) is 26.5. The Hall–Kier alpha value is -4.91. The van der Waals surface area contributed by atoms with Crippen molar-refractivity contribution in [2.75, 3.05) is 19.8 Å². The van der Waals surface area contributed by atoms with Crippen LogP contribution in [-0.4, -0.2) is 47.5 Å². The van der Waals surface area contributed by atoms with Crippen molar-refractivity contribution >= 4 is 45.5 Å². The van der Waals surface area contributed by atoms with Gasteiger partial charge in [-0.05, 0) is 95.4 Å². The molecule has 1 fully saturated rings. The van der Waals surface area contributed by atoms with Gasteiger partial charge in [0.15, 0.2) is 23.0 Å². The van der Waals surface area contributed by atoms with Gasteiger partial charge in [0.25, 0.3) is 17.5 Å². The van der Waals surface area contributed by atoms with Gasteiger partial charge >= 0.3 is 6.03 Å². The van der Waals surface area contributed by atoms with Crippen molar-refractivity contribution in [3.05, 3.63) is 91.4 Å². The Balaban J connectivity index is 1.57. The number of benzene rings is 3. The summed E-state index contributed by atoms with van der Waals surface area (Å²) in [5.41, 5.74) is 1.48. The number of hydrogen-bond acceptors (Lipinski definition) is 9. The Bertz CT molecular complexity index is 1620. The zero-order chi connectivity index (χ0) is 32.5. The van der Waals surface area contributed by atoms with Crippen LogP contribution in [0.3, 0.4) is 0 Å². The van der Waals surface area contributed by atoms with E-state index >= 15 is 0 Å². The van der Waals surface area contributed by atoms with Gasteiger partial charge in [-0.1, -0.05) is 13.0 Å². The summed E-state index contributed by atoms with van der Waals surface area (Å²) in [4.78, 5) is 50.4. The number of nitro groups is 1. The molecule has 1 aliphatic rings. The number of carbonyl (C=O) groups is 3. The number of rotatable bonds is 14. The van der Waals surface area contributed by atoms with E-state index in [1.54, 1.807) is 49.4 Å². The van der Waals surface area contributed by atoms with Gasteiger partial charge in [-0.3, -0.25) is 29.9 Å². The topological polar surface area (TPSA) is 147 Å². The fraction of sp³-hybridized carbons (Fsp3) is 0.281. The monoisotopic (exact) mass is 681 g/mol. The third-order valence-corrected chi connectivity index (χ3v) is 7.06. The van der Waals surface area contributed by atoms with Crippen molar-refractivity contribution < 1.29 is 38.3 Å². The molecule has 3 aromatic carbocycles. The highest BCUT2D eigenvalue weighted by Crippen LogP contribution is 2.38. The number of nitrogens with one attached hydrogen (secondary N) is 1. The minimum Gasteiger partial charge on any atom is -0.490 e. The number of amides is 4. The van der Waals surface area contributed by atoms with E-state index in [0.29, 0.717) is 64.0 Å². The van der Waals surface area contributed by atoms with Gasteiger partial charge < -0.3 is 18.9 Å². The average molecular weight is 683 g/mol. The van der Waals surface area contributed by atoms with Crippen molar-refractivity contribution in [1.29, 1.82) is 0 Å². The SMILES string of the molecule is CCCOc1ccc(CN2C(=O)NC(=O)/C(=C\c3cc(Br)c(OCc4ccc([N+](=O)[O-])cc4)c(OCC)c3)C2=O)cc1OCC. The third-order valence-electron chi connectivity index (χ3n) is 6.47. The summed E-state index contributed by atoms with van der Waals surface area (Å²) in [6.07, 6.45) is 2.19. The number of nitrogens with zero attached hydrogens (tertiary/aromatic N) is 2. The highest BCUT2D eigenvalue weighted by atomic mass is 79.9. The third kappa shape index (κ3) is 8.18. The van der Waals surface area contributed by atoms with E-state index in [9.17, 15) is 24.5 Å². The van der Waals surface area contributed by atoms with E-state index in [1.807, 2.05) is 13.8 Å². The van der Waals surface area contributed by atoms with Crippen molar-refractivity contribution in [3.63, 3.8) is 0 Å². The van der Waals surface area contributed by atoms with Crippen molar-refractivity contribution in [2.24, 2.45) is 0 Å². The van der Waals surface area contributed by atoms with Crippen LogP contribution in [0.15, 0.2) is 64.6 Å². The maximum atomic E-state index is 13.5. The Labute approximate surface area is 268 Å². The maximum Gasteiger partial charge on any atom is 0.331 e. The van der Waals surface area contributed by atoms with Crippen molar-refractivity contribution in [3.8, 4) is 23.0 Å². The van der Waals surface area contributed by atoms with Crippen LogP contribution < -0.4 is 24.3 Å². The summed E-state index contributed by atoms with van der Waals surface area (Å²) in [6.45, 7) is 6.83. The van der Waals surface area contributed by atoms with Crippen LogP contribution in [0.1, 0.15) is 43.9 Å². The summed E-state index contributed by atoms with van der Waals surface area (Å²) in [6, 6.07) is 13.5. The second kappa shape index (κ2) is 15.2. The standard InChI is InChI=1S/C32H32BrN3O9/c1-4-13-44-26-12-9-21(16-27(26)42-5-2)18-35-31(38)24(30(37)34-32(35)39)14-22-15-25(33)29(28(17-22)43-6-3)45-19-20-7-10-23(11-8-20)36(40)41/h7-12,14-17H,4-6,13,18-19H2,1-3H3,(H,34,37,39)/b24-14+. The number of nitro benzene ring substituents is 1. The molecule has 0 radical (unpaired) electrons. The van der Waals surface area contributed by atoms with Crippen LogP contribution in [0.25, 0.3) is 6.08 Å². The lowest BCUT2D eigenvalue weighted by atomic mass is 10.1. The smallest absolute Gasteiger partial charge is 0.331 e. The van der Waals surface area contributed by atoms with E-state index < -0.39 is 22.8 Å². The van der Waals surface area contributed by atoms with E-state index in [-0.39, 0.29) is 24.4 Å². The number of ether oxygens (including phenoxy) is 4. The number of halogens is 1. The highest BCUT2D eigenvalue weighted by Gasteiger charge is 2.36. The molecule has 1 N–H and O–H groups in total. The minimum absolute atomic E-state index is 0.0286. The molecule has 236 valence electrons. The van der Waals surface area contributed by atoms with Crippen LogP contribution >= 0.6 is 15.9 Å². The summed E-state index contributed by atoms with van der Waals surface area (Å²) in [5.74, 6) is 0.164. The number of non-ortho nitro benzene ring substituents is 1. The molecular weight excluding hydrogens is 650 g/mol. The predicted molar refractivity (Wildman–Crippen MR) is 168 cm³/mol. The fourth-order valence-corrected chi connectivity index (χ4v) is 4.96. The molecule has 3 aromatic rings. The molecule has 1 aliphatic heterocycles.